The van der Waals surface area contributed by atoms with Gasteiger partial charge in [0.15, 0.2) is 0 Å². The maximum Gasteiger partial charge on any atom is 0.0406 e. The molecule has 0 amide bonds. The number of rotatable bonds is 4. The summed E-state index contributed by atoms with van der Waals surface area (Å²) < 4.78 is 0. The molecule has 0 aromatic heterocycles. The lowest BCUT2D eigenvalue weighted by Crippen LogP contribution is -2.09. The van der Waals surface area contributed by atoms with E-state index in [1.165, 1.54) is 0 Å². The van der Waals surface area contributed by atoms with Gasteiger partial charge in [-0.15, -0.1) is 0 Å². The molecule has 0 spiro atoms. The fourth-order valence-electron chi connectivity index (χ4n) is 1.24. The van der Waals surface area contributed by atoms with Gasteiger partial charge in [-0.3, -0.25) is 4.99 Å². The molecule has 3 nitrogen and oxygen atoms in total. The number of aliphatic imine (C=N–C) groups is 1. The normalized spacial score (nSPS) is 10.5. The van der Waals surface area contributed by atoms with Crippen LogP contribution in [0, 0.1) is 0 Å². The lowest BCUT2D eigenvalue weighted by atomic mass is 10.1. The van der Waals surface area contributed by atoms with Gasteiger partial charge in [-0.2, -0.15) is 0 Å². The molecule has 0 fully saturated rings. The van der Waals surface area contributed by atoms with Gasteiger partial charge in [-0.1, -0.05) is 18.7 Å². The van der Waals surface area contributed by atoms with Crippen LogP contribution < -0.4 is 11.1 Å². The van der Waals surface area contributed by atoms with Gasteiger partial charge in [0.2, 0.25) is 0 Å². The van der Waals surface area contributed by atoms with Crippen LogP contribution in [-0.2, 0) is 6.54 Å². The van der Waals surface area contributed by atoms with E-state index >= 15 is 0 Å². The summed E-state index contributed by atoms with van der Waals surface area (Å²) in [5.74, 6) is 0. The molecule has 3 heteroatoms. The second kappa shape index (κ2) is 5.20. The van der Waals surface area contributed by atoms with Crippen molar-refractivity contribution in [3.63, 3.8) is 0 Å². The molecule has 0 heterocycles. The van der Waals surface area contributed by atoms with Crippen LogP contribution in [0.5, 0.6) is 0 Å². The molecule has 1 aromatic rings. The van der Waals surface area contributed by atoms with E-state index in [1.807, 2.05) is 25.1 Å². The van der Waals surface area contributed by atoms with Crippen molar-refractivity contribution in [2.75, 3.05) is 12.8 Å². The topological polar surface area (TPSA) is 50.4 Å². The maximum atomic E-state index is 5.87. The van der Waals surface area contributed by atoms with Crippen LogP contribution in [0.2, 0.25) is 0 Å². The van der Waals surface area contributed by atoms with Crippen molar-refractivity contribution in [2.45, 2.75) is 13.5 Å². The van der Waals surface area contributed by atoms with Crippen LogP contribution in [-0.4, -0.2) is 13.3 Å². The molecule has 0 atom stereocenters. The van der Waals surface area contributed by atoms with E-state index in [1.54, 1.807) is 13.3 Å². The second-order valence-corrected chi connectivity index (χ2v) is 3.48. The van der Waals surface area contributed by atoms with E-state index in [0.29, 0.717) is 0 Å². The van der Waals surface area contributed by atoms with Crippen LogP contribution in [0.1, 0.15) is 18.1 Å². The lowest BCUT2D eigenvalue weighted by molar-refractivity contribution is 0.816. The van der Waals surface area contributed by atoms with Crippen LogP contribution in [0.25, 0.3) is 0 Å². The van der Waals surface area contributed by atoms with E-state index < -0.39 is 0 Å². The lowest BCUT2D eigenvalue weighted by Gasteiger charge is -2.07. The first-order valence-corrected chi connectivity index (χ1v) is 4.83. The number of nitrogens with zero attached hydrogens (tertiary/aromatic N) is 1. The molecule has 1 rings (SSSR count). The van der Waals surface area contributed by atoms with Crippen molar-refractivity contribution in [2.24, 2.45) is 4.99 Å². The Bertz CT molecular complexity index is 380. The quantitative estimate of drug-likeness (QED) is 0.580. The number of nitrogens with one attached hydrogen (secondary N) is 1. The molecule has 0 aliphatic rings. The monoisotopic (exact) mass is 203 g/mol. The minimum absolute atomic E-state index is 0.751. The van der Waals surface area contributed by atoms with Crippen LogP contribution >= 0.6 is 0 Å². The highest BCUT2D eigenvalue weighted by Gasteiger charge is 1.98. The minimum atomic E-state index is 0.751. The van der Waals surface area contributed by atoms with Gasteiger partial charge in [-0.05, 0) is 18.6 Å². The Morgan fingerprint density at radius 1 is 1.60 bits per heavy atom. The Morgan fingerprint density at radius 3 is 2.87 bits per heavy atom. The number of hydrogen-bond donors (Lipinski definition) is 2. The van der Waals surface area contributed by atoms with Gasteiger partial charge < -0.3 is 11.1 Å². The van der Waals surface area contributed by atoms with E-state index in [4.69, 9.17) is 5.73 Å². The number of benzene rings is 1. The first-order valence-electron chi connectivity index (χ1n) is 4.83. The molecular weight excluding hydrogens is 186 g/mol. The molecule has 80 valence electrons. The van der Waals surface area contributed by atoms with Crippen molar-refractivity contribution >= 4 is 11.9 Å². The van der Waals surface area contributed by atoms with Crippen LogP contribution in [0.3, 0.4) is 0 Å². The van der Waals surface area contributed by atoms with Crippen LogP contribution in [0.15, 0.2) is 35.5 Å². The number of hydrogen-bond acceptors (Lipinski definition) is 3. The Hall–Kier alpha value is -1.77. The fraction of sp³-hybridized carbons (Fsp3) is 0.250. The average Bonchev–Trinajstić information content (AvgIpc) is 2.19. The third-order valence-electron chi connectivity index (χ3n) is 2.01. The van der Waals surface area contributed by atoms with Gasteiger partial charge in [0.25, 0.3) is 0 Å². The predicted octanol–water partition coefficient (Wildman–Crippen LogP) is 1.94. The Morgan fingerprint density at radius 2 is 2.33 bits per heavy atom. The molecule has 0 radical (unpaired) electrons. The Labute approximate surface area is 90.7 Å². The van der Waals surface area contributed by atoms with Crippen molar-refractivity contribution in [3.05, 3.63) is 41.6 Å². The van der Waals surface area contributed by atoms with Gasteiger partial charge in [0.1, 0.15) is 0 Å². The first-order chi connectivity index (χ1) is 7.13. The zero-order valence-corrected chi connectivity index (χ0v) is 9.25. The molecule has 0 saturated heterocycles. The third-order valence-corrected chi connectivity index (χ3v) is 2.01. The molecule has 0 aliphatic heterocycles. The van der Waals surface area contributed by atoms with E-state index in [-0.39, 0.29) is 0 Å². The zero-order chi connectivity index (χ0) is 11.3. The zero-order valence-electron chi connectivity index (χ0n) is 9.25. The smallest absolute Gasteiger partial charge is 0.0406 e. The molecule has 3 N–H and O–H groups in total. The third kappa shape index (κ3) is 3.46. The Kier molecular flexibility index (Phi) is 3.92. The SMILES string of the molecule is C=C(C)NCc1ccc(C=NC)c(N)c1. The fourth-order valence-corrected chi connectivity index (χ4v) is 1.24. The highest BCUT2D eigenvalue weighted by molar-refractivity contribution is 5.86. The summed E-state index contributed by atoms with van der Waals surface area (Å²) in [5, 5.41) is 3.16. The minimum Gasteiger partial charge on any atom is -0.398 e. The average molecular weight is 203 g/mol. The van der Waals surface area contributed by atoms with Gasteiger partial charge in [0, 0.05) is 36.8 Å². The van der Waals surface area contributed by atoms with E-state index in [9.17, 15) is 0 Å². The molecule has 1 aromatic carbocycles. The molecule has 0 unspecified atom stereocenters. The summed E-state index contributed by atoms with van der Waals surface area (Å²) in [7, 11) is 1.73. The Balaban J connectivity index is 2.77. The number of anilines is 1. The summed E-state index contributed by atoms with van der Waals surface area (Å²) in [5.41, 5.74) is 9.67. The molecule has 0 aliphatic carbocycles. The van der Waals surface area contributed by atoms with Gasteiger partial charge >= 0.3 is 0 Å². The predicted molar refractivity (Wildman–Crippen MR) is 66.0 cm³/mol. The van der Waals surface area contributed by atoms with Crippen molar-refractivity contribution in [3.8, 4) is 0 Å². The highest BCUT2D eigenvalue weighted by Crippen LogP contribution is 2.12. The second-order valence-electron chi connectivity index (χ2n) is 3.48. The molecule has 15 heavy (non-hydrogen) atoms. The van der Waals surface area contributed by atoms with Crippen LogP contribution in [0.4, 0.5) is 5.69 Å². The van der Waals surface area contributed by atoms with E-state index in [2.05, 4.69) is 16.9 Å². The van der Waals surface area contributed by atoms with Gasteiger partial charge in [-0.25, -0.2) is 0 Å². The number of nitrogen functional groups attached to an aromatic ring is 1. The van der Waals surface area contributed by atoms with Crippen molar-refractivity contribution in [1.29, 1.82) is 0 Å². The van der Waals surface area contributed by atoms with E-state index in [0.717, 1.165) is 29.1 Å². The number of nitrogens with two attached hydrogens (primary N) is 1. The maximum absolute atomic E-state index is 5.87. The summed E-state index contributed by atoms with van der Waals surface area (Å²) in [4.78, 5) is 3.94. The standard InChI is InChI=1S/C12H17N3/c1-9(2)15-7-10-4-5-11(8-14-3)12(13)6-10/h4-6,8,15H,1,7,13H2,2-3H3. The summed E-state index contributed by atoms with van der Waals surface area (Å²) in [6.45, 7) is 6.46. The molecular formula is C12H17N3. The van der Waals surface area contributed by atoms with Gasteiger partial charge in [0.05, 0.1) is 0 Å². The molecule has 0 saturated carbocycles. The van der Waals surface area contributed by atoms with Crippen molar-refractivity contribution in [1.82, 2.24) is 5.32 Å². The number of allylic oxidation sites excluding steroid dienone is 1. The largest absolute Gasteiger partial charge is 0.398 e. The first kappa shape index (κ1) is 11.3. The summed E-state index contributed by atoms with van der Waals surface area (Å²) >= 11 is 0. The summed E-state index contributed by atoms with van der Waals surface area (Å²) in [6.07, 6.45) is 1.76. The summed E-state index contributed by atoms with van der Waals surface area (Å²) in [6, 6.07) is 5.95. The van der Waals surface area contributed by atoms with Crippen molar-refractivity contribution < 1.29 is 0 Å². The molecule has 0 bridgehead atoms. The highest BCUT2D eigenvalue weighted by atomic mass is 14.9.